The molecule has 0 bridgehead atoms. The number of fused-ring (bicyclic) bond motifs is 1. The van der Waals surface area contributed by atoms with Crippen molar-refractivity contribution in [3.63, 3.8) is 0 Å². The Morgan fingerprint density at radius 3 is 2.32 bits per heavy atom. The summed E-state index contributed by atoms with van der Waals surface area (Å²) in [5.41, 5.74) is 5.19. The zero-order valence-corrected chi connectivity index (χ0v) is 16.2. The van der Waals surface area contributed by atoms with Gasteiger partial charge in [-0.3, -0.25) is 25.2 Å². The highest BCUT2D eigenvalue weighted by Gasteiger charge is 2.18. The van der Waals surface area contributed by atoms with Gasteiger partial charge in [-0.1, -0.05) is 48.5 Å². The van der Waals surface area contributed by atoms with Gasteiger partial charge in [0, 0.05) is 5.39 Å². The van der Waals surface area contributed by atoms with Crippen LogP contribution in [0.2, 0.25) is 0 Å². The molecule has 4 aromatic rings. The van der Waals surface area contributed by atoms with Crippen molar-refractivity contribution in [1.29, 1.82) is 0 Å². The number of carbonyl (C=O) groups excluding carboxylic acids is 2. The lowest BCUT2D eigenvalue weighted by molar-refractivity contribution is -0.121. The van der Waals surface area contributed by atoms with Crippen LogP contribution in [0.3, 0.4) is 0 Å². The Labute approximate surface area is 176 Å². The first-order valence-corrected chi connectivity index (χ1v) is 9.44. The molecule has 3 aromatic carbocycles. The minimum atomic E-state index is -0.687. The fourth-order valence-corrected chi connectivity index (χ4v) is 3.16. The van der Waals surface area contributed by atoms with Gasteiger partial charge in [0.25, 0.3) is 11.5 Å². The van der Waals surface area contributed by atoms with Gasteiger partial charge in [-0.2, -0.15) is 9.78 Å². The smallest absolute Gasteiger partial charge is 0.273 e. The highest BCUT2D eigenvalue weighted by molar-refractivity contribution is 6.05. The molecule has 0 saturated carbocycles. The molecule has 0 saturated heterocycles. The molecule has 8 heteroatoms. The maximum Gasteiger partial charge on any atom is 0.290 e. The average molecular weight is 416 g/mol. The summed E-state index contributed by atoms with van der Waals surface area (Å²) >= 11 is 0. The molecule has 0 aliphatic heterocycles. The fraction of sp³-hybridized carbons (Fsp3) is 0.0435. The van der Waals surface area contributed by atoms with Gasteiger partial charge < -0.3 is 0 Å². The average Bonchev–Trinajstić information content (AvgIpc) is 2.78. The molecule has 154 valence electrons. The predicted octanol–water partition coefficient (Wildman–Crippen LogP) is 2.53. The first-order valence-electron chi connectivity index (χ1n) is 9.44. The number of benzene rings is 3. The van der Waals surface area contributed by atoms with Crippen molar-refractivity contribution in [2.45, 2.75) is 6.42 Å². The highest BCUT2D eigenvalue weighted by Crippen LogP contribution is 2.15. The molecule has 0 fully saturated rings. The maximum absolute atomic E-state index is 13.3. The Morgan fingerprint density at radius 1 is 0.871 bits per heavy atom. The van der Waals surface area contributed by atoms with Crippen LogP contribution in [-0.4, -0.2) is 21.6 Å². The molecular weight excluding hydrogens is 399 g/mol. The first-order chi connectivity index (χ1) is 15.0. The molecule has 0 atom stereocenters. The van der Waals surface area contributed by atoms with E-state index >= 15 is 0 Å². The number of amides is 2. The lowest BCUT2D eigenvalue weighted by Crippen LogP contribution is -2.43. The van der Waals surface area contributed by atoms with Crippen LogP contribution in [0.4, 0.5) is 4.39 Å². The summed E-state index contributed by atoms with van der Waals surface area (Å²) in [7, 11) is 0. The summed E-state index contributed by atoms with van der Waals surface area (Å²) in [6, 6.07) is 20.9. The van der Waals surface area contributed by atoms with Crippen LogP contribution in [0, 0.1) is 5.82 Å². The van der Waals surface area contributed by atoms with Crippen LogP contribution in [0.1, 0.15) is 16.1 Å². The molecule has 1 aromatic heterocycles. The number of carbonyl (C=O) groups is 2. The zero-order chi connectivity index (χ0) is 21.8. The molecule has 1 heterocycles. The van der Waals surface area contributed by atoms with Gasteiger partial charge in [-0.05, 0) is 35.9 Å². The summed E-state index contributed by atoms with van der Waals surface area (Å²) in [4.78, 5) is 37.8. The van der Waals surface area contributed by atoms with Gasteiger partial charge in [-0.15, -0.1) is 0 Å². The summed E-state index contributed by atoms with van der Waals surface area (Å²) in [6.07, 6.45) is -0.115. The number of rotatable bonds is 4. The van der Waals surface area contributed by atoms with Gasteiger partial charge in [0.15, 0.2) is 5.69 Å². The summed E-state index contributed by atoms with van der Waals surface area (Å²) in [5.74, 6) is -1.67. The fourth-order valence-electron chi connectivity index (χ4n) is 3.16. The van der Waals surface area contributed by atoms with Gasteiger partial charge in [0.05, 0.1) is 17.5 Å². The SMILES string of the molecule is O=C(Cc1cccc(F)c1)NNC(=O)c1nn(-c2ccccc2)c(=O)c2ccccc12. The molecule has 0 spiro atoms. The van der Waals surface area contributed by atoms with Crippen molar-refractivity contribution in [1.82, 2.24) is 20.6 Å². The van der Waals surface area contributed by atoms with Gasteiger partial charge in [0.2, 0.25) is 5.91 Å². The number of hydrogen-bond donors (Lipinski definition) is 2. The second-order valence-electron chi connectivity index (χ2n) is 6.76. The molecule has 2 amide bonds. The molecule has 2 N–H and O–H groups in total. The number of para-hydroxylation sites is 1. The third kappa shape index (κ3) is 4.32. The van der Waals surface area contributed by atoms with Crippen molar-refractivity contribution >= 4 is 22.6 Å². The van der Waals surface area contributed by atoms with Crippen LogP contribution in [0.5, 0.6) is 0 Å². The van der Waals surface area contributed by atoms with Crippen molar-refractivity contribution in [3.05, 3.63) is 106 Å². The van der Waals surface area contributed by atoms with Crippen molar-refractivity contribution < 1.29 is 14.0 Å². The quantitative estimate of drug-likeness (QED) is 0.500. The largest absolute Gasteiger partial charge is 0.290 e. The monoisotopic (exact) mass is 416 g/mol. The number of hydrogen-bond acceptors (Lipinski definition) is 4. The van der Waals surface area contributed by atoms with E-state index in [-0.39, 0.29) is 17.7 Å². The number of nitrogens with zero attached hydrogens (tertiary/aromatic N) is 2. The van der Waals surface area contributed by atoms with Crippen LogP contribution >= 0.6 is 0 Å². The number of halogens is 1. The van der Waals surface area contributed by atoms with E-state index in [1.165, 1.54) is 18.2 Å². The van der Waals surface area contributed by atoms with Crippen molar-refractivity contribution in [3.8, 4) is 5.69 Å². The molecular formula is C23H17FN4O3. The standard InChI is InChI=1S/C23H17FN4O3/c24-16-8-6-7-15(13-16)14-20(29)25-26-22(30)21-18-11-4-5-12-19(18)23(31)28(27-21)17-9-2-1-3-10-17/h1-13H,14H2,(H,25,29)(H,26,30). The van der Waals surface area contributed by atoms with Crippen molar-refractivity contribution in [2.75, 3.05) is 0 Å². The van der Waals surface area contributed by atoms with E-state index in [4.69, 9.17) is 0 Å². The Kier molecular flexibility index (Phi) is 5.53. The van der Waals surface area contributed by atoms with E-state index in [0.29, 0.717) is 22.0 Å². The molecule has 0 aliphatic carbocycles. The minimum Gasteiger partial charge on any atom is -0.273 e. The topological polar surface area (TPSA) is 93.1 Å². The predicted molar refractivity (Wildman–Crippen MR) is 113 cm³/mol. The molecule has 7 nitrogen and oxygen atoms in total. The van der Waals surface area contributed by atoms with Crippen LogP contribution in [0.25, 0.3) is 16.5 Å². The Hall–Kier alpha value is -4.33. The van der Waals surface area contributed by atoms with Crippen LogP contribution < -0.4 is 16.4 Å². The molecule has 0 aliphatic rings. The molecule has 0 radical (unpaired) electrons. The van der Waals surface area contributed by atoms with E-state index in [9.17, 15) is 18.8 Å². The van der Waals surface area contributed by atoms with Crippen LogP contribution in [-0.2, 0) is 11.2 Å². The third-order valence-corrected chi connectivity index (χ3v) is 4.59. The summed E-state index contributed by atoms with van der Waals surface area (Å²) < 4.78 is 14.4. The number of aromatic nitrogens is 2. The molecule has 4 rings (SSSR count). The van der Waals surface area contributed by atoms with Gasteiger partial charge >= 0.3 is 0 Å². The summed E-state index contributed by atoms with van der Waals surface area (Å²) in [6.45, 7) is 0. The van der Waals surface area contributed by atoms with E-state index in [0.717, 1.165) is 4.68 Å². The Balaban J connectivity index is 1.61. The van der Waals surface area contributed by atoms with E-state index < -0.39 is 17.6 Å². The van der Waals surface area contributed by atoms with Gasteiger partial charge in [0.1, 0.15) is 5.82 Å². The second kappa shape index (κ2) is 8.58. The Morgan fingerprint density at radius 2 is 1.58 bits per heavy atom. The molecule has 0 unspecified atom stereocenters. The van der Waals surface area contributed by atoms with E-state index in [1.807, 2.05) is 0 Å². The lowest BCUT2D eigenvalue weighted by atomic mass is 10.1. The van der Waals surface area contributed by atoms with E-state index in [1.54, 1.807) is 60.7 Å². The first kappa shape index (κ1) is 20.0. The third-order valence-electron chi connectivity index (χ3n) is 4.59. The van der Waals surface area contributed by atoms with Gasteiger partial charge in [-0.25, -0.2) is 4.39 Å². The van der Waals surface area contributed by atoms with Crippen LogP contribution in [0.15, 0.2) is 83.7 Å². The Bertz CT molecular complexity index is 1340. The lowest BCUT2D eigenvalue weighted by Gasteiger charge is -2.12. The maximum atomic E-state index is 13.3. The highest BCUT2D eigenvalue weighted by atomic mass is 19.1. The second-order valence-corrected chi connectivity index (χ2v) is 6.76. The zero-order valence-electron chi connectivity index (χ0n) is 16.2. The molecule has 31 heavy (non-hydrogen) atoms. The normalized spacial score (nSPS) is 10.6. The number of nitrogens with one attached hydrogen (secondary N) is 2. The van der Waals surface area contributed by atoms with Crippen molar-refractivity contribution in [2.24, 2.45) is 0 Å². The minimum absolute atomic E-state index is 0.0230. The summed E-state index contributed by atoms with van der Waals surface area (Å²) in [5, 5.41) is 4.91. The van der Waals surface area contributed by atoms with E-state index in [2.05, 4.69) is 16.0 Å². The number of hydrazine groups is 1.